The van der Waals surface area contributed by atoms with Gasteiger partial charge in [-0.1, -0.05) is 43.6 Å². The fourth-order valence-electron chi connectivity index (χ4n) is 2.84. The number of nitriles is 1. The van der Waals surface area contributed by atoms with Crippen molar-refractivity contribution in [1.82, 2.24) is 10.2 Å². The highest BCUT2D eigenvalue weighted by molar-refractivity contribution is 6.31. The van der Waals surface area contributed by atoms with E-state index >= 15 is 0 Å². The monoisotopic (exact) mass is 370 g/mol. The van der Waals surface area contributed by atoms with Crippen LogP contribution < -0.4 is 10.6 Å². The van der Waals surface area contributed by atoms with Gasteiger partial charge in [-0.05, 0) is 49.0 Å². The number of likely N-dealkylation sites (N-methyl/N-ethyl adjacent to an activating group) is 1. The van der Waals surface area contributed by atoms with Gasteiger partial charge in [0.15, 0.2) is 0 Å². The maximum Gasteiger partial charge on any atom is 0.319 e. The Morgan fingerprint density at radius 3 is 2.38 bits per heavy atom. The number of amides is 2. The normalized spacial score (nSPS) is 11.7. The second-order valence-corrected chi connectivity index (χ2v) is 6.19. The topological polar surface area (TPSA) is 68.2 Å². The minimum atomic E-state index is -0.293. The van der Waals surface area contributed by atoms with Gasteiger partial charge in [0, 0.05) is 17.3 Å². The van der Waals surface area contributed by atoms with E-state index in [2.05, 4.69) is 35.5 Å². The van der Waals surface area contributed by atoms with Crippen molar-refractivity contribution in [2.45, 2.75) is 19.9 Å². The molecule has 2 aromatic carbocycles. The SMILES string of the molecule is CCN(CC)[C@@H](CNC(=O)Nc1ccc(C#N)cc1)c1ccccc1Cl. The average Bonchev–Trinajstić information content (AvgIpc) is 2.66. The Morgan fingerprint density at radius 1 is 1.15 bits per heavy atom. The zero-order chi connectivity index (χ0) is 18.9. The molecule has 0 aromatic heterocycles. The first-order chi connectivity index (χ1) is 12.6. The Balaban J connectivity index is 2.05. The number of benzene rings is 2. The van der Waals surface area contributed by atoms with E-state index in [0.717, 1.165) is 18.7 Å². The summed E-state index contributed by atoms with van der Waals surface area (Å²) in [6, 6.07) is 16.2. The van der Waals surface area contributed by atoms with Gasteiger partial charge in [-0.3, -0.25) is 4.90 Å². The van der Waals surface area contributed by atoms with Gasteiger partial charge in [-0.15, -0.1) is 0 Å². The molecule has 0 bridgehead atoms. The van der Waals surface area contributed by atoms with Crippen molar-refractivity contribution < 1.29 is 4.79 Å². The van der Waals surface area contributed by atoms with Crippen LogP contribution in [0.3, 0.4) is 0 Å². The van der Waals surface area contributed by atoms with Crippen LogP contribution in [0.2, 0.25) is 5.02 Å². The zero-order valence-electron chi connectivity index (χ0n) is 15.0. The molecule has 6 heteroatoms. The van der Waals surface area contributed by atoms with Gasteiger partial charge in [-0.2, -0.15) is 5.26 Å². The predicted molar refractivity (Wildman–Crippen MR) is 105 cm³/mol. The van der Waals surface area contributed by atoms with E-state index < -0.39 is 0 Å². The van der Waals surface area contributed by atoms with Gasteiger partial charge in [0.25, 0.3) is 0 Å². The summed E-state index contributed by atoms with van der Waals surface area (Å²) in [4.78, 5) is 14.5. The van der Waals surface area contributed by atoms with Gasteiger partial charge >= 0.3 is 6.03 Å². The van der Waals surface area contributed by atoms with Crippen molar-refractivity contribution in [3.05, 3.63) is 64.7 Å². The first-order valence-corrected chi connectivity index (χ1v) is 9.00. The van der Waals surface area contributed by atoms with Crippen LogP contribution in [-0.4, -0.2) is 30.6 Å². The number of rotatable bonds is 7. The van der Waals surface area contributed by atoms with Crippen molar-refractivity contribution in [2.24, 2.45) is 0 Å². The van der Waals surface area contributed by atoms with Crippen molar-refractivity contribution in [3.63, 3.8) is 0 Å². The molecule has 0 aliphatic carbocycles. The summed E-state index contributed by atoms with van der Waals surface area (Å²) in [7, 11) is 0. The van der Waals surface area contributed by atoms with Crippen molar-refractivity contribution in [1.29, 1.82) is 5.26 Å². The number of hydrogen-bond acceptors (Lipinski definition) is 3. The third kappa shape index (κ3) is 5.22. The Kier molecular flexibility index (Phi) is 7.46. The molecule has 0 radical (unpaired) electrons. The van der Waals surface area contributed by atoms with Crippen molar-refractivity contribution in [3.8, 4) is 6.07 Å². The van der Waals surface area contributed by atoms with Gasteiger partial charge < -0.3 is 10.6 Å². The molecule has 0 saturated carbocycles. The first kappa shape index (κ1) is 19.8. The standard InChI is InChI=1S/C20H23ClN4O/c1-3-25(4-2)19(17-7-5-6-8-18(17)21)14-23-20(26)24-16-11-9-15(13-22)10-12-16/h5-12,19H,3-4,14H2,1-2H3,(H2,23,24,26)/t19-/m0/s1. The van der Waals surface area contributed by atoms with Crippen LogP contribution in [0.25, 0.3) is 0 Å². The first-order valence-electron chi connectivity index (χ1n) is 8.62. The van der Waals surface area contributed by atoms with Crippen LogP contribution in [-0.2, 0) is 0 Å². The molecule has 0 unspecified atom stereocenters. The third-order valence-electron chi connectivity index (χ3n) is 4.25. The molecule has 2 amide bonds. The van der Waals surface area contributed by atoms with Crippen LogP contribution in [0.15, 0.2) is 48.5 Å². The number of carbonyl (C=O) groups excluding carboxylic acids is 1. The molecule has 0 spiro atoms. The highest BCUT2D eigenvalue weighted by Crippen LogP contribution is 2.27. The second kappa shape index (κ2) is 9.81. The average molecular weight is 371 g/mol. The van der Waals surface area contributed by atoms with Crippen molar-refractivity contribution >= 4 is 23.3 Å². The quantitative estimate of drug-likeness (QED) is 0.758. The van der Waals surface area contributed by atoms with Gasteiger partial charge in [0.05, 0.1) is 17.7 Å². The zero-order valence-corrected chi connectivity index (χ0v) is 15.8. The minimum Gasteiger partial charge on any atom is -0.336 e. The maximum absolute atomic E-state index is 12.2. The van der Waals surface area contributed by atoms with Gasteiger partial charge in [0.2, 0.25) is 0 Å². The molecule has 5 nitrogen and oxygen atoms in total. The fraction of sp³-hybridized carbons (Fsp3) is 0.300. The smallest absolute Gasteiger partial charge is 0.319 e. The summed E-state index contributed by atoms with van der Waals surface area (Å²) >= 11 is 6.37. The number of anilines is 1. The molecule has 0 fully saturated rings. The lowest BCUT2D eigenvalue weighted by Crippen LogP contribution is -2.39. The molecule has 2 N–H and O–H groups in total. The molecule has 0 aliphatic rings. The van der Waals surface area contributed by atoms with Crippen LogP contribution >= 0.6 is 11.6 Å². The van der Waals surface area contributed by atoms with E-state index in [4.69, 9.17) is 16.9 Å². The van der Waals surface area contributed by atoms with E-state index in [0.29, 0.717) is 22.8 Å². The molecule has 2 aromatic rings. The highest BCUT2D eigenvalue weighted by Gasteiger charge is 2.21. The molecular formula is C20H23ClN4O. The van der Waals surface area contributed by atoms with Crippen LogP contribution in [0.4, 0.5) is 10.5 Å². The second-order valence-electron chi connectivity index (χ2n) is 5.78. The van der Waals surface area contributed by atoms with Crippen LogP contribution in [0.1, 0.15) is 31.0 Å². The number of hydrogen-bond donors (Lipinski definition) is 2. The summed E-state index contributed by atoms with van der Waals surface area (Å²) < 4.78 is 0. The molecule has 0 aliphatic heterocycles. The van der Waals surface area contributed by atoms with Crippen LogP contribution in [0.5, 0.6) is 0 Å². The molecule has 136 valence electrons. The predicted octanol–water partition coefficient (Wildman–Crippen LogP) is 4.42. The van der Waals surface area contributed by atoms with E-state index in [1.165, 1.54) is 0 Å². The Bertz CT molecular complexity index is 766. The van der Waals surface area contributed by atoms with E-state index in [1.54, 1.807) is 24.3 Å². The molecule has 0 saturated heterocycles. The fourth-order valence-corrected chi connectivity index (χ4v) is 3.10. The van der Waals surface area contributed by atoms with E-state index in [9.17, 15) is 4.79 Å². The lowest BCUT2D eigenvalue weighted by Gasteiger charge is -2.30. The molecule has 0 heterocycles. The summed E-state index contributed by atoms with van der Waals surface area (Å²) in [5, 5.41) is 15.2. The summed E-state index contributed by atoms with van der Waals surface area (Å²) in [5.41, 5.74) is 2.19. The van der Waals surface area contributed by atoms with Crippen molar-refractivity contribution in [2.75, 3.05) is 25.0 Å². The third-order valence-corrected chi connectivity index (χ3v) is 4.59. The largest absolute Gasteiger partial charge is 0.336 e. The summed E-state index contributed by atoms with van der Waals surface area (Å²) in [6.45, 7) is 6.32. The molecule has 1 atom stereocenters. The molecule has 2 rings (SSSR count). The number of nitrogens with one attached hydrogen (secondary N) is 2. The Hall–Kier alpha value is -2.55. The number of halogens is 1. The Labute approximate surface area is 159 Å². The number of carbonyl (C=O) groups is 1. The lowest BCUT2D eigenvalue weighted by molar-refractivity contribution is 0.210. The summed E-state index contributed by atoms with van der Waals surface area (Å²) in [5.74, 6) is 0. The maximum atomic E-state index is 12.2. The molecular weight excluding hydrogens is 348 g/mol. The highest BCUT2D eigenvalue weighted by atomic mass is 35.5. The number of nitrogens with zero attached hydrogens (tertiary/aromatic N) is 2. The van der Waals surface area contributed by atoms with E-state index in [1.807, 2.05) is 24.3 Å². The summed E-state index contributed by atoms with van der Waals surface area (Å²) in [6.07, 6.45) is 0. The van der Waals surface area contributed by atoms with Gasteiger partial charge in [0.1, 0.15) is 0 Å². The van der Waals surface area contributed by atoms with Crippen LogP contribution in [0, 0.1) is 11.3 Å². The van der Waals surface area contributed by atoms with Gasteiger partial charge in [-0.25, -0.2) is 4.79 Å². The number of urea groups is 1. The molecule has 26 heavy (non-hydrogen) atoms. The lowest BCUT2D eigenvalue weighted by atomic mass is 10.0. The minimum absolute atomic E-state index is 0.00888. The van der Waals surface area contributed by atoms with E-state index in [-0.39, 0.29) is 12.1 Å². The Morgan fingerprint density at radius 2 is 1.81 bits per heavy atom.